The van der Waals surface area contributed by atoms with Gasteiger partial charge in [0.05, 0.1) is 16.3 Å². The topological polar surface area (TPSA) is 59.1 Å². The molecule has 2 aromatic carbocycles. The Hall–Kier alpha value is -2.66. The summed E-state index contributed by atoms with van der Waals surface area (Å²) < 4.78 is 27.9. The van der Waals surface area contributed by atoms with E-state index >= 15 is 0 Å². The number of rotatable bonds is 4. The van der Waals surface area contributed by atoms with Gasteiger partial charge in [-0.1, -0.05) is 35.9 Å². The predicted octanol–water partition coefficient (Wildman–Crippen LogP) is 4.17. The molecule has 5 heteroatoms. The van der Waals surface area contributed by atoms with E-state index in [0.29, 0.717) is 5.69 Å². The molecule has 122 valence electrons. The molecule has 0 radical (unpaired) electrons. The smallest absolute Gasteiger partial charge is 0.261 e. The monoisotopic (exact) mass is 338 g/mol. The van der Waals surface area contributed by atoms with Crippen LogP contribution in [0.15, 0.2) is 71.8 Å². The zero-order valence-electron chi connectivity index (χ0n) is 13.5. The second kappa shape index (κ2) is 6.45. The summed E-state index contributed by atoms with van der Waals surface area (Å²) in [6.07, 6.45) is 1.72. The molecule has 0 atom stereocenters. The van der Waals surface area contributed by atoms with Gasteiger partial charge in [0.25, 0.3) is 10.0 Å². The van der Waals surface area contributed by atoms with Crippen molar-refractivity contribution in [3.63, 3.8) is 0 Å². The highest BCUT2D eigenvalue weighted by molar-refractivity contribution is 7.92. The molecule has 1 N–H and O–H groups in total. The summed E-state index contributed by atoms with van der Waals surface area (Å²) in [6, 6.07) is 17.9. The van der Waals surface area contributed by atoms with Crippen molar-refractivity contribution in [3.8, 4) is 11.3 Å². The van der Waals surface area contributed by atoms with Crippen LogP contribution in [-0.4, -0.2) is 13.4 Å². The third kappa shape index (κ3) is 3.46. The second-order valence-corrected chi connectivity index (χ2v) is 7.36. The van der Waals surface area contributed by atoms with Crippen molar-refractivity contribution in [2.24, 2.45) is 0 Å². The minimum atomic E-state index is -3.65. The van der Waals surface area contributed by atoms with Gasteiger partial charge in [0.15, 0.2) is 0 Å². The number of hydrogen-bond donors (Lipinski definition) is 1. The molecular weight excluding hydrogens is 320 g/mol. The average molecular weight is 338 g/mol. The molecule has 0 unspecified atom stereocenters. The number of nitrogens with zero attached hydrogens (tertiary/aromatic N) is 1. The van der Waals surface area contributed by atoms with Crippen molar-refractivity contribution in [2.45, 2.75) is 18.7 Å². The third-order valence-corrected chi connectivity index (χ3v) is 5.08. The number of hydrogen-bond acceptors (Lipinski definition) is 3. The van der Waals surface area contributed by atoms with Crippen LogP contribution < -0.4 is 4.72 Å². The predicted molar refractivity (Wildman–Crippen MR) is 96.4 cm³/mol. The molecule has 0 bridgehead atoms. The number of anilines is 1. The van der Waals surface area contributed by atoms with E-state index in [-0.39, 0.29) is 4.90 Å². The Morgan fingerprint density at radius 3 is 2.29 bits per heavy atom. The fourth-order valence-corrected chi connectivity index (χ4v) is 3.48. The first-order valence-electron chi connectivity index (χ1n) is 7.57. The van der Waals surface area contributed by atoms with Gasteiger partial charge in [0.1, 0.15) is 0 Å². The molecule has 3 aromatic rings. The summed E-state index contributed by atoms with van der Waals surface area (Å²) in [5.41, 5.74) is 4.07. The van der Waals surface area contributed by atoms with Gasteiger partial charge in [-0.15, -0.1) is 0 Å². The van der Waals surface area contributed by atoms with Gasteiger partial charge in [-0.2, -0.15) is 0 Å². The van der Waals surface area contributed by atoms with Crippen molar-refractivity contribution in [2.75, 3.05) is 4.72 Å². The summed E-state index contributed by atoms with van der Waals surface area (Å²) in [7, 11) is -3.65. The highest BCUT2D eigenvalue weighted by atomic mass is 32.2. The Morgan fingerprint density at radius 2 is 1.58 bits per heavy atom. The van der Waals surface area contributed by atoms with E-state index in [2.05, 4.69) is 9.71 Å². The van der Waals surface area contributed by atoms with Gasteiger partial charge in [-0.25, -0.2) is 8.42 Å². The standard InChI is InChI=1S/C19H18N2O2S/c1-14-7-9-16(10-8-14)24(22,23)21-18-6-4-3-5-17(18)19-13-15(2)11-12-20-19/h3-13,21H,1-2H3. The first-order valence-corrected chi connectivity index (χ1v) is 9.05. The van der Waals surface area contributed by atoms with Crippen LogP contribution in [0.4, 0.5) is 5.69 Å². The van der Waals surface area contributed by atoms with Crippen LogP contribution in [0.1, 0.15) is 11.1 Å². The Bertz CT molecular complexity index is 965. The van der Waals surface area contributed by atoms with Crippen LogP contribution >= 0.6 is 0 Å². The van der Waals surface area contributed by atoms with Crippen molar-refractivity contribution in [1.29, 1.82) is 0 Å². The SMILES string of the molecule is Cc1ccc(S(=O)(=O)Nc2ccccc2-c2cc(C)ccn2)cc1. The highest BCUT2D eigenvalue weighted by Crippen LogP contribution is 2.28. The third-order valence-electron chi connectivity index (χ3n) is 3.69. The van der Waals surface area contributed by atoms with E-state index in [1.54, 1.807) is 42.6 Å². The maximum Gasteiger partial charge on any atom is 0.261 e. The lowest BCUT2D eigenvalue weighted by Gasteiger charge is -2.13. The van der Waals surface area contributed by atoms with Crippen molar-refractivity contribution in [3.05, 3.63) is 78.0 Å². The van der Waals surface area contributed by atoms with Gasteiger partial charge < -0.3 is 0 Å². The highest BCUT2D eigenvalue weighted by Gasteiger charge is 2.16. The second-order valence-electron chi connectivity index (χ2n) is 5.68. The number of nitrogens with one attached hydrogen (secondary N) is 1. The molecule has 0 aliphatic carbocycles. The summed E-state index contributed by atoms with van der Waals surface area (Å²) in [5, 5.41) is 0. The molecule has 0 amide bonds. The average Bonchev–Trinajstić information content (AvgIpc) is 2.55. The molecule has 3 rings (SSSR count). The number of sulfonamides is 1. The molecule has 0 spiro atoms. The van der Waals surface area contributed by atoms with E-state index in [0.717, 1.165) is 22.4 Å². The van der Waals surface area contributed by atoms with Crippen molar-refractivity contribution < 1.29 is 8.42 Å². The Morgan fingerprint density at radius 1 is 0.875 bits per heavy atom. The minimum Gasteiger partial charge on any atom is -0.279 e. The van der Waals surface area contributed by atoms with E-state index in [1.165, 1.54) is 0 Å². The fourth-order valence-electron chi connectivity index (χ4n) is 2.40. The number of benzene rings is 2. The van der Waals surface area contributed by atoms with Crippen LogP contribution in [0.2, 0.25) is 0 Å². The Labute approximate surface area is 142 Å². The summed E-state index contributed by atoms with van der Waals surface area (Å²) in [5.74, 6) is 0. The summed E-state index contributed by atoms with van der Waals surface area (Å²) in [4.78, 5) is 4.59. The number of para-hydroxylation sites is 1. The first kappa shape index (κ1) is 16.2. The quantitative estimate of drug-likeness (QED) is 0.777. The van der Waals surface area contributed by atoms with Crippen molar-refractivity contribution >= 4 is 15.7 Å². The molecule has 0 aliphatic rings. The van der Waals surface area contributed by atoms with Crippen molar-refractivity contribution in [1.82, 2.24) is 4.98 Å². The van der Waals surface area contributed by atoms with Gasteiger partial charge in [-0.05, 0) is 49.7 Å². The van der Waals surface area contributed by atoms with E-state index in [4.69, 9.17) is 0 Å². The zero-order valence-corrected chi connectivity index (χ0v) is 14.3. The summed E-state index contributed by atoms with van der Waals surface area (Å²) >= 11 is 0. The lowest BCUT2D eigenvalue weighted by Crippen LogP contribution is -2.13. The number of aryl methyl sites for hydroxylation is 2. The van der Waals surface area contributed by atoms with Crippen LogP contribution in [0.25, 0.3) is 11.3 Å². The molecule has 4 nitrogen and oxygen atoms in total. The Kier molecular flexibility index (Phi) is 4.36. The molecule has 0 fully saturated rings. The zero-order chi connectivity index (χ0) is 17.2. The van der Waals surface area contributed by atoms with Crippen LogP contribution in [0.3, 0.4) is 0 Å². The normalized spacial score (nSPS) is 11.2. The lowest BCUT2D eigenvalue weighted by atomic mass is 10.1. The molecule has 0 saturated carbocycles. The fraction of sp³-hybridized carbons (Fsp3) is 0.105. The Balaban J connectivity index is 2.00. The molecular formula is C19H18N2O2S. The lowest BCUT2D eigenvalue weighted by molar-refractivity contribution is 0.601. The van der Waals surface area contributed by atoms with Crippen LogP contribution in [-0.2, 0) is 10.0 Å². The van der Waals surface area contributed by atoms with Crippen LogP contribution in [0, 0.1) is 13.8 Å². The maximum absolute atomic E-state index is 12.6. The van der Waals surface area contributed by atoms with Gasteiger partial charge in [0, 0.05) is 11.8 Å². The van der Waals surface area contributed by atoms with Crippen LogP contribution in [0.5, 0.6) is 0 Å². The van der Waals surface area contributed by atoms with Gasteiger partial charge in [-0.3, -0.25) is 9.71 Å². The maximum atomic E-state index is 12.6. The largest absolute Gasteiger partial charge is 0.279 e. The van der Waals surface area contributed by atoms with E-state index < -0.39 is 10.0 Å². The van der Waals surface area contributed by atoms with Gasteiger partial charge in [0.2, 0.25) is 0 Å². The van der Waals surface area contributed by atoms with E-state index in [1.807, 2.05) is 38.1 Å². The first-order chi connectivity index (χ1) is 11.5. The molecule has 0 aliphatic heterocycles. The molecule has 0 saturated heterocycles. The van der Waals surface area contributed by atoms with E-state index in [9.17, 15) is 8.42 Å². The summed E-state index contributed by atoms with van der Waals surface area (Å²) in [6.45, 7) is 3.90. The minimum absolute atomic E-state index is 0.236. The number of aromatic nitrogens is 1. The molecule has 24 heavy (non-hydrogen) atoms. The molecule has 1 aromatic heterocycles. The van der Waals surface area contributed by atoms with Gasteiger partial charge >= 0.3 is 0 Å². The number of pyridine rings is 1. The molecule has 1 heterocycles.